The average Bonchev–Trinajstić information content (AvgIpc) is 3.38. The van der Waals surface area contributed by atoms with E-state index in [9.17, 15) is 4.79 Å². The van der Waals surface area contributed by atoms with Crippen molar-refractivity contribution in [2.45, 2.75) is 32.4 Å². The molecule has 3 aromatic rings. The topological polar surface area (TPSA) is 56.2 Å². The van der Waals surface area contributed by atoms with Gasteiger partial charge in [0.05, 0.1) is 18.2 Å². The molecule has 1 aromatic heterocycles. The summed E-state index contributed by atoms with van der Waals surface area (Å²) in [5, 5.41) is 7.75. The minimum atomic E-state index is -0.106. The van der Waals surface area contributed by atoms with Crippen molar-refractivity contribution in [1.29, 1.82) is 0 Å². The molecule has 0 spiro atoms. The lowest BCUT2D eigenvalue weighted by atomic mass is 10.1. The first-order valence-corrected chi connectivity index (χ1v) is 9.77. The summed E-state index contributed by atoms with van der Waals surface area (Å²) in [4.78, 5) is 12.9. The van der Waals surface area contributed by atoms with Gasteiger partial charge < -0.3 is 10.1 Å². The van der Waals surface area contributed by atoms with Crippen molar-refractivity contribution in [3.8, 4) is 11.3 Å². The molecule has 2 aromatic carbocycles. The van der Waals surface area contributed by atoms with Crippen molar-refractivity contribution in [3.63, 3.8) is 0 Å². The first-order chi connectivity index (χ1) is 13.7. The third kappa shape index (κ3) is 4.31. The maximum Gasteiger partial charge on any atom is 0.255 e. The third-order valence-corrected chi connectivity index (χ3v) is 5.03. The van der Waals surface area contributed by atoms with Crippen LogP contribution in [0, 0.1) is 6.92 Å². The van der Waals surface area contributed by atoms with Crippen molar-refractivity contribution in [1.82, 2.24) is 15.1 Å². The van der Waals surface area contributed by atoms with Gasteiger partial charge in [-0.3, -0.25) is 9.48 Å². The van der Waals surface area contributed by atoms with Gasteiger partial charge in [-0.05, 0) is 25.3 Å². The van der Waals surface area contributed by atoms with Gasteiger partial charge in [0.15, 0.2) is 0 Å². The lowest BCUT2D eigenvalue weighted by Gasteiger charge is -2.10. The summed E-state index contributed by atoms with van der Waals surface area (Å²) >= 11 is 0. The van der Waals surface area contributed by atoms with Crippen molar-refractivity contribution >= 4 is 5.91 Å². The number of nitrogens with one attached hydrogen (secondary N) is 1. The van der Waals surface area contributed by atoms with Gasteiger partial charge in [-0.1, -0.05) is 60.2 Å². The number of rotatable bonds is 6. The minimum absolute atomic E-state index is 0.106. The van der Waals surface area contributed by atoms with Gasteiger partial charge in [-0.2, -0.15) is 5.10 Å². The molecule has 28 heavy (non-hydrogen) atoms. The molecule has 1 saturated heterocycles. The number of amides is 1. The predicted molar refractivity (Wildman–Crippen MR) is 109 cm³/mol. The average molecular weight is 375 g/mol. The molecule has 1 aliphatic rings. The van der Waals surface area contributed by atoms with Crippen LogP contribution in [0.25, 0.3) is 11.3 Å². The van der Waals surface area contributed by atoms with Crippen LogP contribution in [0.4, 0.5) is 0 Å². The van der Waals surface area contributed by atoms with E-state index in [0.29, 0.717) is 24.3 Å². The Hall–Kier alpha value is -2.92. The summed E-state index contributed by atoms with van der Waals surface area (Å²) in [6, 6.07) is 18.2. The number of aryl methyl sites for hydroxylation is 1. The van der Waals surface area contributed by atoms with E-state index in [1.165, 1.54) is 5.56 Å². The monoisotopic (exact) mass is 375 g/mol. The quantitative estimate of drug-likeness (QED) is 0.713. The second kappa shape index (κ2) is 8.40. The number of aromatic nitrogens is 2. The Balaban J connectivity index is 1.60. The molecule has 0 radical (unpaired) electrons. The standard InChI is InChI=1S/C23H25N3O2/c1-17-9-11-19(12-10-17)22-21(23(27)24-14-20-8-5-13-28-20)16-26(25-22)15-18-6-3-2-4-7-18/h2-4,6-7,9-12,16,20H,5,8,13-15H2,1H3,(H,24,27)/t20-/m1/s1. The Bertz CT molecular complexity index is 926. The second-order valence-electron chi connectivity index (χ2n) is 7.29. The van der Waals surface area contributed by atoms with Crippen molar-refractivity contribution in [2.75, 3.05) is 13.2 Å². The molecule has 1 fully saturated rings. The molecule has 1 N–H and O–H groups in total. The number of carbonyl (C=O) groups excluding carboxylic acids is 1. The van der Waals surface area contributed by atoms with E-state index >= 15 is 0 Å². The first-order valence-electron chi connectivity index (χ1n) is 9.77. The number of nitrogens with zero attached hydrogens (tertiary/aromatic N) is 2. The number of benzene rings is 2. The van der Waals surface area contributed by atoms with Gasteiger partial charge in [0.2, 0.25) is 0 Å². The van der Waals surface area contributed by atoms with Crippen LogP contribution < -0.4 is 5.32 Å². The molecule has 1 aliphatic heterocycles. The van der Waals surface area contributed by atoms with Gasteiger partial charge in [-0.25, -0.2) is 0 Å². The van der Waals surface area contributed by atoms with Crippen LogP contribution in [0.5, 0.6) is 0 Å². The van der Waals surface area contributed by atoms with Crippen LogP contribution in [0.15, 0.2) is 60.8 Å². The van der Waals surface area contributed by atoms with E-state index in [2.05, 4.69) is 17.4 Å². The van der Waals surface area contributed by atoms with E-state index in [-0.39, 0.29) is 12.0 Å². The Morgan fingerprint density at radius 1 is 1.18 bits per heavy atom. The molecular formula is C23H25N3O2. The second-order valence-corrected chi connectivity index (χ2v) is 7.29. The highest BCUT2D eigenvalue weighted by molar-refractivity contribution is 5.99. The van der Waals surface area contributed by atoms with Crippen molar-refractivity contribution < 1.29 is 9.53 Å². The molecule has 4 rings (SSSR count). The predicted octanol–water partition coefficient (Wildman–Crippen LogP) is 3.82. The van der Waals surface area contributed by atoms with Gasteiger partial charge in [0, 0.05) is 24.9 Å². The molecule has 1 atom stereocenters. The largest absolute Gasteiger partial charge is 0.376 e. The van der Waals surface area contributed by atoms with E-state index < -0.39 is 0 Å². The zero-order chi connectivity index (χ0) is 19.3. The summed E-state index contributed by atoms with van der Waals surface area (Å²) in [5.74, 6) is -0.106. The normalized spacial score (nSPS) is 16.2. The highest BCUT2D eigenvalue weighted by atomic mass is 16.5. The maximum atomic E-state index is 12.9. The fourth-order valence-electron chi connectivity index (χ4n) is 3.47. The van der Waals surface area contributed by atoms with Gasteiger partial charge in [-0.15, -0.1) is 0 Å². The molecule has 0 saturated carbocycles. The lowest BCUT2D eigenvalue weighted by Crippen LogP contribution is -2.31. The molecule has 5 heteroatoms. The van der Waals surface area contributed by atoms with Crippen molar-refractivity contribution in [3.05, 3.63) is 77.5 Å². The van der Waals surface area contributed by atoms with Gasteiger partial charge in [0.25, 0.3) is 5.91 Å². The minimum Gasteiger partial charge on any atom is -0.376 e. The van der Waals surface area contributed by atoms with E-state index in [4.69, 9.17) is 9.84 Å². The highest BCUT2D eigenvalue weighted by Crippen LogP contribution is 2.23. The molecule has 2 heterocycles. The summed E-state index contributed by atoms with van der Waals surface area (Å²) in [7, 11) is 0. The smallest absolute Gasteiger partial charge is 0.255 e. The third-order valence-electron chi connectivity index (χ3n) is 5.03. The summed E-state index contributed by atoms with van der Waals surface area (Å²) in [6.07, 6.45) is 4.02. The fraction of sp³-hybridized carbons (Fsp3) is 0.304. The van der Waals surface area contributed by atoms with E-state index in [0.717, 1.165) is 30.6 Å². The number of hydrogen-bond acceptors (Lipinski definition) is 3. The fourth-order valence-corrected chi connectivity index (χ4v) is 3.47. The number of carbonyl (C=O) groups is 1. The summed E-state index contributed by atoms with van der Waals surface area (Å²) < 4.78 is 7.45. The molecule has 1 amide bonds. The molecule has 0 unspecified atom stereocenters. The molecular weight excluding hydrogens is 350 g/mol. The van der Waals surface area contributed by atoms with Gasteiger partial charge in [0.1, 0.15) is 5.69 Å². The van der Waals surface area contributed by atoms with Crippen LogP contribution >= 0.6 is 0 Å². The summed E-state index contributed by atoms with van der Waals surface area (Å²) in [5.41, 5.74) is 4.57. The van der Waals surface area contributed by atoms with Crippen LogP contribution in [-0.4, -0.2) is 34.9 Å². The zero-order valence-electron chi connectivity index (χ0n) is 16.1. The van der Waals surface area contributed by atoms with Crippen molar-refractivity contribution in [2.24, 2.45) is 0 Å². The Labute approximate surface area is 165 Å². The van der Waals surface area contributed by atoms with Crippen LogP contribution in [-0.2, 0) is 11.3 Å². The maximum absolute atomic E-state index is 12.9. The van der Waals surface area contributed by atoms with E-state index in [1.807, 2.05) is 60.3 Å². The molecule has 5 nitrogen and oxygen atoms in total. The Kier molecular flexibility index (Phi) is 5.53. The van der Waals surface area contributed by atoms with Crippen LogP contribution in [0.1, 0.15) is 34.3 Å². The lowest BCUT2D eigenvalue weighted by molar-refractivity contribution is 0.0858. The summed E-state index contributed by atoms with van der Waals surface area (Å²) in [6.45, 7) is 3.99. The van der Waals surface area contributed by atoms with Crippen LogP contribution in [0.3, 0.4) is 0 Å². The zero-order valence-corrected chi connectivity index (χ0v) is 16.1. The number of ether oxygens (including phenoxy) is 1. The Morgan fingerprint density at radius 2 is 1.96 bits per heavy atom. The molecule has 0 bridgehead atoms. The molecule has 0 aliphatic carbocycles. The molecule has 144 valence electrons. The van der Waals surface area contributed by atoms with Crippen LogP contribution in [0.2, 0.25) is 0 Å². The first kappa shape index (κ1) is 18.4. The van der Waals surface area contributed by atoms with Gasteiger partial charge >= 0.3 is 0 Å². The number of hydrogen-bond donors (Lipinski definition) is 1. The Morgan fingerprint density at radius 3 is 2.68 bits per heavy atom. The highest BCUT2D eigenvalue weighted by Gasteiger charge is 2.21. The van der Waals surface area contributed by atoms with E-state index in [1.54, 1.807) is 0 Å². The SMILES string of the molecule is Cc1ccc(-c2nn(Cc3ccccc3)cc2C(=O)NC[C@H]2CCCO2)cc1.